The summed E-state index contributed by atoms with van der Waals surface area (Å²) in [6, 6.07) is 8.30. The summed E-state index contributed by atoms with van der Waals surface area (Å²) in [7, 11) is 2.07. The molecule has 1 aliphatic rings. The van der Waals surface area contributed by atoms with E-state index in [-0.39, 0.29) is 5.75 Å². The molecule has 0 unspecified atom stereocenters. The first kappa shape index (κ1) is 19.9. The summed E-state index contributed by atoms with van der Waals surface area (Å²) in [4.78, 5) is 20.8. The van der Waals surface area contributed by atoms with E-state index in [0.29, 0.717) is 5.69 Å². The monoisotopic (exact) mass is 394 g/mol. The van der Waals surface area contributed by atoms with Crippen molar-refractivity contribution in [1.82, 2.24) is 9.88 Å². The lowest BCUT2D eigenvalue weighted by atomic mass is 10.2. The number of pyridine rings is 1. The summed E-state index contributed by atoms with van der Waals surface area (Å²) < 4.78 is 43.9. The highest BCUT2D eigenvalue weighted by Crippen LogP contribution is 2.35. The molecule has 150 valence electrons. The van der Waals surface area contributed by atoms with Crippen LogP contribution in [-0.2, 0) is 11.0 Å². The zero-order valence-corrected chi connectivity index (χ0v) is 15.4. The van der Waals surface area contributed by atoms with Crippen molar-refractivity contribution in [3.05, 3.63) is 48.2 Å². The average Bonchev–Trinajstić information content (AvgIpc) is 2.67. The number of piperazine rings is 1. The van der Waals surface area contributed by atoms with E-state index in [1.54, 1.807) is 12.1 Å². The summed E-state index contributed by atoms with van der Waals surface area (Å²) in [6.45, 7) is 3.13. The van der Waals surface area contributed by atoms with Crippen molar-refractivity contribution in [2.24, 2.45) is 0 Å². The van der Waals surface area contributed by atoms with Gasteiger partial charge in [-0.15, -0.1) is 0 Å². The number of anilines is 2. The van der Waals surface area contributed by atoms with Gasteiger partial charge in [0.15, 0.2) is 6.61 Å². The third kappa shape index (κ3) is 5.13. The molecule has 0 atom stereocenters. The molecule has 1 aromatic heterocycles. The van der Waals surface area contributed by atoms with Crippen molar-refractivity contribution in [3.8, 4) is 5.75 Å². The van der Waals surface area contributed by atoms with E-state index in [0.717, 1.165) is 38.1 Å². The first-order valence-electron chi connectivity index (χ1n) is 8.81. The van der Waals surface area contributed by atoms with Crippen molar-refractivity contribution in [3.63, 3.8) is 0 Å². The number of rotatable bonds is 5. The van der Waals surface area contributed by atoms with E-state index in [9.17, 15) is 18.0 Å². The number of halogens is 3. The average molecular weight is 394 g/mol. The van der Waals surface area contributed by atoms with Crippen LogP contribution in [0.2, 0.25) is 0 Å². The second kappa shape index (κ2) is 8.47. The highest BCUT2D eigenvalue weighted by Gasteiger charge is 2.34. The first-order valence-corrected chi connectivity index (χ1v) is 8.81. The smallest absolute Gasteiger partial charge is 0.419 e. The number of alkyl halides is 3. The van der Waals surface area contributed by atoms with Crippen LogP contribution in [0, 0.1) is 0 Å². The Kier molecular flexibility index (Phi) is 6.03. The fourth-order valence-electron chi connectivity index (χ4n) is 2.85. The molecule has 1 fully saturated rings. The van der Waals surface area contributed by atoms with Gasteiger partial charge in [0.25, 0.3) is 5.91 Å². The van der Waals surface area contributed by atoms with Crippen LogP contribution in [0.15, 0.2) is 42.6 Å². The topological polar surface area (TPSA) is 57.7 Å². The largest absolute Gasteiger partial charge is 0.483 e. The molecule has 2 aromatic rings. The van der Waals surface area contributed by atoms with Crippen molar-refractivity contribution >= 4 is 17.4 Å². The SMILES string of the molecule is CN1CCN(c2ccc(NC(=O)COc3ccccc3C(F)(F)F)cn2)CC1. The van der Waals surface area contributed by atoms with Crippen LogP contribution in [0.1, 0.15) is 5.56 Å². The Morgan fingerprint density at radius 1 is 1.14 bits per heavy atom. The summed E-state index contributed by atoms with van der Waals surface area (Å²) >= 11 is 0. The number of hydrogen-bond donors (Lipinski definition) is 1. The van der Waals surface area contributed by atoms with Gasteiger partial charge >= 0.3 is 6.18 Å². The summed E-state index contributed by atoms with van der Waals surface area (Å²) in [5.41, 5.74) is -0.461. The molecule has 1 aromatic carbocycles. The van der Waals surface area contributed by atoms with Gasteiger partial charge in [-0.25, -0.2) is 4.98 Å². The number of ether oxygens (including phenoxy) is 1. The third-order valence-electron chi connectivity index (χ3n) is 4.41. The third-order valence-corrected chi connectivity index (χ3v) is 4.41. The number of carbonyl (C=O) groups is 1. The number of aromatic nitrogens is 1. The standard InChI is InChI=1S/C19H21F3N4O2/c1-25-8-10-26(11-9-25)17-7-6-14(12-23-17)24-18(27)13-28-16-5-3-2-4-15(16)19(20,21)22/h2-7,12H,8-11,13H2,1H3,(H,24,27). The second-order valence-corrected chi connectivity index (χ2v) is 6.53. The Hall–Kier alpha value is -2.81. The van der Waals surface area contributed by atoms with Gasteiger partial charge in [0.1, 0.15) is 11.6 Å². The van der Waals surface area contributed by atoms with Crippen LogP contribution in [0.5, 0.6) is 5.75 Å². The lowest BCUT2D eigenvalue weighted by Crippen LogP contribution is -2.44. The minimum atomic E-state index is -4.55. The number of nitrogens with zero attached hydrogens (tertiary/aromatic N) is 3. The normalized spacial score (nSPS) is 15.4. The summed E-state index contributed by atoms with van der Waals surface area (Å²) in [5, 5.41) is 2.57. The van der Waals surface area contributed by atoms with Gasteiger partial charge in [-0.05, 0) is 31.3 Å². The highest BCUT2D eigenvalue weighted by atomic mass is 19.4. The van der Waals surface area contributed by atoms with Crippen LogP contribution in [-0.4, -0.2) is 55.6 Å². The molecule has 0 saturated carbocycles. The van der Waals surface area contributed by atoms with E-state index in [1.807, 2.05) is 0 Å². The molecule has 9 heteroatoms. The second-order valence-electron chi connectivity index (χ2n) is 6.53. The molecule has 3 rings (SSSR count). The Bertz CT molecular complexity index is 804. The van der Waals surface area contributed by atoms with Crippen molar-refractivity contribution in [2.75, 3.05) is 50.1 Å². The number of carbonyl (C=O) groups excluding carboxylic acids is 1. The Labute approximate surface area is 160 Å². The van der Waals surface area contributed by atoms with Crippen LogP contribution in [0.4, 0.5) is 24.7 Å². The lowest BCUT2D eigenvalue weighted by molar-refractivity contribution is -0.139. The van der Waals surface area contributed by atoms with E-state index >= 15 is 0 Å². The van der Waals surface area contributed by atoms with Gasteiger partial charge < -0.3 is 19.9 Å². The summed E-state index contributed by atoms with van der Waals surface area (Å²) in [6.07, 6.45) is -3.02. The van der Waals surface area contributed by atoms with Crippen LogP contribution in [0.25, 0.3) is 0 Å². The molecule has 1 saturated heterocycles. The van der Waals surface area contributed by atoms with Crippen LogP contribution >= 0.6 is 0 Å². The molecule has 6 nitrogen and oxygen atoms in total. The number of hydrogen-bond acceptors (Lipinski definition) is 5. The fraction of sp³-hybridized carbons (Fsp3) is 0.368. The Morgan fingerprint density at radius 3 is 2.50 bits per heavy atom. The van der Waals surface area contributed by atoms with Gasteiger partial charge in [-0.2, -0.15) is 13.2 Å². The van der Waals surface area contributed by atoms with E-state index < -0.39 is 24.3 Å². The van der Waals surface area contributed by atoms with Gasteiger partial charge in [0.05, 0.1) is 17.4 Å². The molecule has 0 spiro atoms. The maximum absolute atomic E-state index is 12.9. The van der Waals surface area contributed by atoms with Crippen molar-refractivity contribution < 1.29 is 22.7 Å². The van der Waals surface area contributed by atoms with E-state index in [2.05, 4.69) is 27.1 Å². The molecule has 0 aliphatic carbocycles. The Morgan fingerprint density at radius 2 is 1.86 bits per heavy atom. The molecule has 28 heavy (non-hydrogen) atoms. The van der Waals surface area contributed by atoms with Gasteiger partial charge in [0.2, 0.25) is 0 Å². The number of amides is 1. The fourth-order valence-corrected chi connectivity index (χ4v) is 2.85. The van der Waals surface area contributed by atoms with Crippen molar-refractivity contribution in [1.29, 1.82) is 0 Å². The predicted octanol–water partition coefficient (Wildman–Crippen LogP) is 2.87. The van der Waals surface area contributed by atoms with Crippen LogP contribution < -0.4 is 15.0 Å². The van der Waals surface area contributed by atoms with Crippen LogP contribution in [0.3, 0.4) is 0 Å². The minimum Gasteiger partial charge on any atom is -0.483 e. The lowest BCUT2D eigenvalue weighted by Gasteiger charge is -2.33. The van der Waals surface area contributed by atoms with E-state index in [4.69, 9.17) is 4.74 Å². The zero-order valence-electron chi connectivity index (χ0n) is 15.4. The molecule has 2 heterocycles. The number of likely N-dealkylation sites (N-methyl/N-ethyl adjacent to an activating group) is 1. The molecular weight excluding hydrogens is 373 g/mol. The first-order chi connectivity index (χ1) is 13.3. The maximum atomic E-state index is 12.9. The van der Waals surface area contributed by atoms with Crippen molar-refractivity contribution in [2.45, 2.75) is 6.18 Å². The minimum absolute atomic E-state index is 0.381. The van der Waals surface area contributed by atoms with Gasteiger partial charge in [-0.1, -0.05) is 12.1 Å². The van der Waals surface area contributed by atoms with Gasteiger partial charge in [-0.3, -0.25) is 4.79 Å². The molecule has 1 N–H and O–H groups in total. The number of benzene rings is 1. The molecule has 0 bridgehead atoms. The van der Waals surface area contributed by atoms with Gasteiger partial charge in [0, 0.05) is 26.2 Å². The number of para-hydroxylation sites is 1. The molecule has 1 amide bonds. The maximum Gasteiger partial charge on any atom is 0.419 e. The zero-order chi connectivity index (χ0) is 20.1. The predicted molar refractivity (Wildman–Crippen MR) is 99.5 cm³/mol. The summed E-state index contributed by atoms with van der Waals surface area (Å²) in [5.74, 6) is -0.124. The molecule has 1 aliphatic heterocycles. The Balaban J connectivity index is 1.54. The highest BCUT2D eigenvalue weighted by molar-refractivity contribution is 5.91. The number of nitrogens with one attached hydrogen (secondary N) is 1. The molecular formula is C19H21F3N4O2. The molecule has 0 radical (unpaired) electrons. The quantitative estimate of drug-likeness (QED) is 0.845. The van der Waals surface area contributed by atoms with E-state index in [1.165, 1.54) is 24.4 Å².